The number of fused-ring (bicyclic) bond motifs is 1. The van der Waals surface area contributed by atoms with Gasteiger partial charge in [0, 0.05) is 13.1 Å². The summed E-state index contributed by atoms with van der Waals surface area (Å²) in [5.74, 6) is -0.715. The molecule has 22 heavy (non-hydrogen) atoms. The van der Waals surface area contributed by atoms with Crippen molar-refractivity contribution in [1.82, 2.24) is 14.1 Å². The van der Waals surface area contributed by atoms with Crippen LogP contribution >= 0.6 is 0 Å². The zero-order chi connectivity index (χ0) is 16.4. The molecule has 0 radical (unpaired) electrons. The van der Waals surface area contributed by atoms with Gasteiger partial charge < -0.3 is 10.5 Å². The second-order valence-corrected chi connectivity index (χ2v) is 4.59. The van der Waals surface area contributed by atoms with Crippen LogP contribution in [-0.2, 0) is 17.8 Å². The van der Waals surface area contributed by atoms with E-state index in [2.05, 4.69) is 4.98 Å². The summed E-state index contributed by atoms with van der Waals surface area (Å²) < 4.78 is 7.35. The predicted molar refractivity (Wildman–Crippen MR) is 82.0 cm³/mol. The molecule has 8 nitrogen and oxygen atoms in total. The highest BCUT2D eigenvalue weighted by Crippen LogP contribution is 2.16. The fourth-order valence-electron chi connectivity index (χ4n) is 2.29. The summed E-state index contributed by atoms with van der Waals surface area (Å²) in [5, 5.41) is 0.167. The van der Waals surface area contributed by atoms with Crippen LogP contribution in [-0.4, -0.2) is 26.7 Å². The van der Waals surface area contributed by atoms with Gasteiger partial charge in [0.25, 0.3) is 5.56 Å². The van der Waals surface area contributed by atoms with E-state index < -0.39 is 17.2 Å². The van der Waals surface area contributed by atoms with Crippen molar-refractivity contribution in [3.63, 3.8) is 0 Å². The van der Waals surface area contributed by atoms with Gasteiger partial charge in [-0.1, -0.05) is 0 Å². The summed E-state index contributed by atoms with van der Waals surface area (Å²) in [4.78, 5) is 40.6. The summed E-state index contributed by atoms with van der Waals surface area (Å²) in [6, 6.07) is 1.34. The number of carbonyl (C=O) groups is 1. The number of aryl methyl sites for hydroxylation is 1. The Morgan fingerprint density at radius 1 is 1.23 bits per heavy atom. The van der Waals surface area contributed by atoms with E-state index in [0.29, 0.717) is 6.54 Å². The van der Waals surface area contributed by atoms with Gasteiger partial charge in [0.15, 0.2) is 5.65 Å². The van der Waals surface area contributed by atoms with Crippen molar-refractivity contribution < 1.29 is 9.53 Å². The highest BCUT2D eigenvalue weighted by Gasteiger charge is 2.19. The van der Waals surface area contributed by atoms with E-state index >= 15 is 0 Å². The fraction of sp³-hybridized carbons (Fsp3) is 0.429. The molecule has 2 heterocycles. The molecule has 0 atom stereocenters. The number of anilines is 1. The molecule has 0 aliphatic heterocycles. The summed E-state index contributed by atoms with van der Waals surface area (Å²) >= 11 is 0. The van der Waals surface area contributed by atoms with Gasteiger partial charge in [0.1, 0.15) is 11.4 Å². The lowest BCUT2D eigenvalue weighted by atomic mass is 10.2. The molecule has 0 saturated carbocycles. The Morgan fingerprint density at radius 3 is 2.41 bits per heavy atom. The van der Waals surface area contributed by atoms with E-state index in [0.717, 1.165) is 4.57 Å². The molecule has 0 saturated heterocycles. The zero-order valence-electron chi connectivity index (χ0n) is 12.8. The summed E-state index contributed by atoms with van der Waals surface area (Å²) in [7, 11) is 0. The highest BCUT2D eigenvalue weighted by molar-refractivity contribution is 5.97. The molecule has 0 aliphatic carbocycles. The van der Waals surface area contributed by atoms with Crippen molar-refractivity contribution in [2.45, 2.75) is 33.9 Å². The van der Waals surface area contributed by atoms with Gasteiger partial charge in [0.05, 0.1) is 12.0 Å². The van der Waals surface area contributed by atoms with E-state index in [9.17, 15) is 14.4 Å². The molecule has 0 fully saturated rings. The number of rotatable bonds is 4. The van der Waals surface area contributed by atoms with Crippen molar-refractivity contribution >= 4 is 22.8 Å². The number of carbonyl (C=O) groups excluding carboxylic acids is 1. The normalized spacial score (nSPS) is 10.9. The van der Waals surface area contributed by atoms with Crippen LogP contribution in [0.1, 0.15) is 31.1 Å². The van der Waals surface area contributed by atoms with Crippen molar-refractivity contribution in [2.24, 2.45) is 0 Å². The van der Waals surface area contributed by atoms with Crippen LogP contribution in [0.3, 0.4) is 0 Å². The molecule has 0 bridgehead atoms. The van der Waals surface area contributed by atoms with Gasteiger partial charge in [0.2, 0.25) is 0 Å². The van der Waals surface area contributed by atoms with E-state index in [-0.39, 0.29) is 35.6 Å². The van der Waals surface area contributed by atoms with E-state index in [1.807, 2.05) is 0 Å². The number of nitrogens with zero attached hydrogens (tertiary/aromatic N) is 3. The summed E-state index contributed by atoms with van der Waals surface area (Å²) in [6.45, 7) is 5.88. The Labute approximate surface area is 126 Å². The quantitative estimate of drug-likeness (QED) is 0.817. The fourth-order valence-corrected chi connectivity index (χ4v) is 2.29. The highest BCUT2D eigenvalue weighted by atomic mass is 16.5. The third-order valence-corrected chi connectivity index (χ3v) is 3.35. The second kappa shape index (κ2) is 6.00. The number of ether oxygens (including phenoxy) is 1. The van der Waals surface area contributed by atoms with Gasteiger partial charge in [-0.2, -0.15) is 0 Å². The summed E-state index contributed by atoms with van der Waals surface area (Å²) in [5.41, 5.74) is 5.03. The standard InChI is InChI=1S/C14H18N4O4/c1-4-17-11-9(12(19)18(5-2)14(17)21)7-8(10(15)16-11)13(20)22-6-3/h7H,4-6H2,1-3H3,(H2,15,16). The SMILES string of the molecule is CCOC(=O)c1cc2c(=O)n(CC)c(=O)n(CC)c2nc1N. The molecule has 8 heteroatoms. The van der Waals surface area contributed by atoms with Gasteiger partial charge in [-0.05, 0) is 26.8 Å². The first-order valence-corrected chi connectivity index (χ1v) is 7.07. The van der Waals surface area contributed by atoms with Crippen LogP contribution in [0.15, 0.2) is 15.7 Å². The van der Waals surface area contributed by atoms with Crippen LogP contribution in [0.4, 0.5) is 5.82 Å². The van der Waals surface area contributed by atoms with E-state index in [4.69, 9.17) is 10.5 Å². The molecule has 2 rings (SSSR count). The first kappa shape index (κ1) is 15.7. The van der Waals surface area contributed by atoms with Gasteiger partial charge in [-0.3, -0.25) is 13.9 Å². The van der Waals surface area contributed by atoms with Crippen LogP contribution in [0.25, 0.3) is 11.0 Å². The largest absolute Gasteiger partial charge is 0.462 e. The number of pyridine rings is 1. The molecule has 0 amide bonds. The Morgan fingerprint density at radius 2 is 1.86 bits per heavy atom. The predicted octanol–water partition coefficient (Wildman–Crippen LogP) is 0.357. The molecule has 2 aromatic rings. The minimum absolute atomic E-state index is 0.0235. The maximum atomic E-state index is 12.4. The third-order valence-electron chi connectivity index (χ3n) is 3.35. The number of aromatic nitrogens is 3. The summed E-state index contributed by atoms with van der Waals surface area (Å²) in [6.07, 6.45) is 0. The van der Waals surface area contributed by atoms with E-state index in [1.165, 1.54) is 10.6 Å². The maximum Gasteiger partial charge on any atom is 0.341 e. The molecule has 0 aliphatic rings. The smallest absolute Gasteiger partial charge is 0.341 e. The number of hydrogen-bond donors (Lipinski definition) is 1. The monoisotopic (exact) mass is 306 g/mol. The average Bonchev–Trinajstić information content (AvgIpc) is 2.48. The van der Waals surface area contributed by atoms with Crippen molar-refractivity contribution in [3.8, 4) is 0 Å². The Bertz CT molecular complexity index is 851. The molecular formula is C14H18N4O4. The lowest BCUT2D eigenvalue weighted by Gasteiger charge is -2.12. The van der Waals surface area contributed by atoms with Crippen LogP contribution < -0.4 is 17.0 Å². The number of nitrogen functional groups attached to an aromatic ring is 1. The molecule has 118 valence electrons. The molecule has 0 unspecified atom stereocenters. The first-order chi connectivity index (χ1) is 10.5. The lowest BCUT2D eigenvalue weighted by molar-refractivity contribution is 0.0527. The van der Waals surface area contributed by atoms with Crippen molar-refractivity contribution in [3.05, 3.63) is 32.5 Å². The number of esters is 1. The van der Waals surface area contributed by atoms with Crippen LogP contribution in [0, 0.1) is 0 Å². The van der Waals surface area contributed by atoms with E-state index in [1.54, 1.807) is 20.8 Å². The molecule has 2 N–H and O–H groups in total. The Kier molecular flexibility index (Phi) is 4.30. The van der Waals surface area contributed by atoms with Gasteiger partial charge in [-0.15, -0.1) is 0 Å². The van der Waals surface area contributed by atoms with Gasteiger partial charge in [-0.25, -0.2) is 14.6 Å². The minimum atomic E-state index is -0.647. The van der Waals surface area contributed by atoms with Crippen molar-refractivity contribution in [2.75, 3.05) is 12.3 Å². The Hall–Kier alpha value is -2.64. The first-order valence-electron chi connectivity index (χ1n) is 7.07. The minimum Gasteiger partial charge on any atom is -0.462 e. The topological polar surface area (TPSA) is 109 Å². The molecular weight excluding hydrogens is 288 g/mol. The van der Waals surface area contributed by atoms with Crippen LogP contribution in [0.2, 0.25) is 0 Å². The molecule has 0 spiro atoms. The second-order valence-electron chi connectivity index (χ2n) is 4.59. The Balaban J connectivity index is 2.90. The van der Waals surface area contributed by atoms with Crippen LogP contribution in [0.5, 0.6) is 0 Å². The third kappa shape index (κ3) is 2.36. The number of hydrogen-bond acceptors (Lipinski definition) is 6. The molecule has 2 aromatic heterocycles. The maximum absolute atomic E-state index is 12.4. The average molecular weight is 306 g/mol. The zero-order valence-corrected chi connectivity index (χ0v) is 12.8. The lowest BCUT2D eigenvalue weighted by Crippen LogP contribution is -2.40. The van der Waals surface area contributed by atoms with Gasteiger partial charge >= 0.3 is 11.7 Å². The number of nitrogens with two attached hydrogens (primary N) is 1. The molecule has 0 aromatic carbocycles. The van der Waals surface area contributed by atoms with Crippen molar-refractivity contribution in [1.29, 1.82) is 0 Å².